The van der Waals surface area contributed by atoms with Gasteiger partial charge in [-0.05, 0) is 66.8 Å². The van der Waals surface area contributed by atoms with Crippen LogP contribution in [0.1, 0.15) is 54.9 Å². The number of phenolic OH excluding ortho intramolecular Hbond substituents is 3. The van der Waals surface area contributed by atoms with Gasteiger partial charge in [0.05, 0.1) is 6.61 Å². The van der Waals surface area contributed by atoms with Crippen molar-refractivity contribution in [1.82, 2.24) is 0 Å². The summed E-state index contributed by atoms with van der Waals surface area (Å²) >= 11 is 0. The lowest BCUT2D eigenvalue weighted by atomic mass is 10.0. The summed E-state index contributed by atoms with van der Waals surface area (Å²) in [6.07, 6.45) is 4.63. The summed E-state index contributed by atoms with van der Waals surface area (Å²) in [6.45, 7) is 2.61. The third-order valence-electron chi connectivity index (χ3n) is 5.17. The molecule has 0 fully saturated rings. The molecular weight excluding hydrogens is 380 g/mol. The van der Waals surface area contributed by atoms with E-state index in [2.05, 4.69) is 6.92 Å². The van der Waals surface area contributed by atoms with Crippen molar-refractivity contribution in [3.05, 3.63) is 59.7 Å². The van der Waals surface area contributed by atoms with Crippen LogP contribution in [0.2, 0.25) is 0 Å². The Bertz CT molecular complexity index is 1030. The van der Waals surface area contributed by atoms with Gasteiger partial charge in [-0.25, -0.2) is 0 Å². The average Bonchev–Trinajstić information content (AvgIpc) is 2.73. The van der Waals surface area contributed by atoms with Gasteiger partial charge < -0.3 is 20.1 Å². The monoisotopic (exact) mass is 408 g/mol. The SMILES string of the molecule is CCCc1c(O)cccc1OCCCCCC(=O)c1ccc2cc(O)c(O)cc2c1. The maximum atomic E-state index is 12.5. The highest BCUT2D eigenvalue weighted by atomic mass is 16.5. The van der Waals surface area contributed by atoms with E-state index in [1.54, 1.807) is 30.3 Å². The molecule has 0 atom stereocenters. The quantitative estimate of drug-likeness (QED) is 0.226. The number of aromatic hydroxyl groups is 3. The van der Waals surface area contributed by atoms with Crippen LogP contribution in [0.4, 0.5) is 0 Å². The summed E-state index contributed by atoms with van der Waals surface area (Å²) in [6, 6.07) is 13.6. The highest BCUT2D eigenvalue weighted by Crippen LogP contribution is 2.31. The van der Waals surface area contributed by atoms with Crippen LogP contribution in [-0.2, 0) is 6.42 Å². The van der Waals surface area contributed by atoms with Crippen LogP contribution in [0.5, 0.6) is 23.0 Å². The summed E-state index contributed by atoms with van der Waals surface area (Å²) in [5.74, 6) is 0.707. The first-order valence-electron chi connectivity index (χ1n) is 10.4. The number of carbonyl (C=O) groups is 1. The minimum absolute atomic E-state index is 0.0589. The zero-order valence-corrected chi connectivity index (χ0v) is 17.2. The first-order chi connectivity index (χ1) is 14.5. The highest BCUT2D eigenvalue weighted by Gasteiger charge is 2.10. The van der Waals surface area contributed by atoms with Crippen LogP contribution in [0.15, 0.2) is 48.5 Å². The first kappa shape index (κ1) is 21.5. The summed E-state index contributed by atoms with van der Waals surface area (Å²) in [5.41, 5.74) is 1.46. The number of ether oxygens (including phenoxy) is 1. The minimum atomic E-state index is -0.194. The number of phenols is 3. The van der Waals surface area contributed by atoms with Crippen molar-refractivity contribution in [3.8, 4) is 23.0 Å². The van der Waals surface area contributed by atoms with Crippen molar-refractivity contribution in [1.29, 1.82) is 0 Å². The van der Waals surface area contributed by atoms with Gasteiger partial charge in [-0.15, -0.1) is 0 Å². The van der Waals surface area contributed by atoms with Crippen molar-refractivity contribution in [2.45, 2.75) is 45.4 Å². The number of ketones is 1. The molecule has 158 valence electrons. The molecule has 0 amide bonds. The Balaban J connectivity index is 1.46. The standard InChI is InChI=1S/C25H28O5/c1-2-7-20-22(27)9-6-10-25(20)30-13-5-3-4-8-21(26)18-12-11-17-15-23(28)24(29)16-19(17)14-18/h6,9-12,14-16,27-29H,2-5,7-8,13H2,1H3. The van der Waals surface area contributed by atoms with Gasteiger partial charge in [0.1, 0.15) is 11.5 Å². The average molecular weight is 408 g/mol. The fourth-order valence-corrected chi connectivity index (χ4v) is 3.53. The van der Waals surface area contributed by atoms with E-state index in [1.807, 2.05) is 6.07 Å². The lowest BCUT2D eigenvalue weighted by molar-refractivity contribution is 0.0978. The molecular formula is C25H28O5. The van der Waals surface area contributed by atoms with Crippen molar-refractivity contribution < 1.29 is 24.9 Å². The highest BCUT2D eigenvalue weighted by molar-refractivity contribution is 6.00. The van der Waals surface area contributed by atoms with Crippen LogP contribution in [-0.4, -0.2) is 27.7 Å². The summed E-state index contributed by atoms with van der Waals surface area (Å²) in [5, 5.41) is 30.7. The zero-order valence-electron chi connectivity index (χ0n) is 17.2. The zero-order chi connectivity index (χ0) is 21.5. The topological polar surface area (TPSA) is 87.0 Å². The molecule has 0 aromatic heterocycles. The molecule has 0 spiro atoms. The molecule has 30 heavy (non-hydrogen) atoms. The van der Waals surface area contributed by atoms with Gasteiger partial charge in [0.15, 0.2) is 17.3 Å². The van der Waals surface area contributed by atoms with Gasteiger partial charge >= 0.3 is 0 Å². The van der Waals surface area contributed by atoms with E-state index in [-0.39, 0.29) is 23.0 Å². The van der Waals surface area contributed by atoms with Gasteiger partial charge in [-0.2, -0.15) is 0 Å². The molecule has 3 aromatic carbocycles. The third-order valence-corrected chi connectivity index (χ3v) is 5.17. The van der Waals surface area contributed by atoms with Crippen LogP contribution in [0, 0.1) is 0 Å². The molecule has 5 heteroatoms. The van der Waals surface area contributed by atoms with Crippen LogP contribution < -0.4 is 4.74 Å². The normalized spacial score (nSPS) is 11.0. The summed E-state index contributed by atoms with van der Waals surface area (Å²) < 4.78 is 5.84. The first-order valence-corrected chi connectivity index (χ1v) is 10.4. The van der Waals surface area contributed by atoms with E-state index >= 15 is 0 Å². The summed E-state index contributed by atoms with van der Waals surface area (Å²) in [4.78, 5) is 12.5. The molecule has 0 bridgehead atoms. The predicted octanol–water partition coefficient (Wildman–Crippen LogP) is 5.73. The largest absolute Gasteiger partial charge is 0.508 e. The van der Waals surface area contributed by atoms with Gasteiger partial charge in [0, 0.05) is 17.5 Å². The van der Waals surface area contributed by atoms with E-state index in [0.29, 0.717) is 18.6 Å². The molecule has 3 N–H and O–H groups in total. The number of hydrogen-bond acceptors (Lipinski definition) is 5. The Morgan fingerprint density at radius 1 is 0.867 bits per heavy atom. The van der Waals surface area contributed by atoms with E-state index in [1.165, 1.54) is 12.1 Å². The molecule has 0 saturated heterocycles. The van der Waals surface area contributed by atoms with Crippen molar-refractivity contribution in [3.63, 3.8) is 0 Å². The molecule has 5 nitrogen and oxygen atoms in total. The fourth-order valence-electron chi connectivity index (χ4n) is 3.53. The Morgan fingerprint density at radius 2 is 1.63 bits per heavy atom. The number of unbranched alkanes of at least 4 members (excludes halogenated alkanes) is 2. The second kappa shape index (κ2) is 10.0. The van der Waals surface area contributed by atoms with E-state index in [0.717, 1.165) is 54.2 Å². The Hall–Kier alpha value is -3.21. The summed E-state index contributed by atoms with van der Waals surface area (Å²) in [7, 11) is 0. The lowest BCUT2D eigenvalue weighted by Gasteiger charge is -2.12. The Kier molecular flexibility index (Phi) is 7.17. The minimum Gasteiger partial charge on any atom is -0.508 e. The van der Waals surface area contributed by atoms with Crippen molar-refractivity contribution >= 4 is 16.6 Å². The fraction of sp³-hybridized carbons (Fsp3) is 0.320. The Labute approximate surface area is 176 Å². The number of benzene rings is 3. The molecule has 0 unspecified atom stereocenters. The van der Waals surface area contributed by atoms with E-state index < -0.39 is 0 Å². The van der Waals surface area contributed by atoms with Gasteiger partial charge in [0.25, 0.3) is 0 Å². The number of hydrogen-bond donors (Lipinski definition) is 3. The number of rotatable bonds is 10. The van der Waals surface area contributed by atoms with Gasteiger partial charge in [0.2, 0.25) is 0 Å². The maximum absolute atomic E-state index is 12.5. The molecule has 0 radical (unpaired) electrons. The molecule has 3 aromatic rings. The number of fused-ring (bicyclic) bond motifs is 1. The van der Waals surface area contributed by atoms with E-state index in [9.17, 15) is 20.1 Å². The Morgan fingerprint density at radius 3 is 2.40 bits per heavy atom. The van der Waals surface area contributed by atoms with Crippen molar-refractivity contribution in [2.24, 2.45) is 0 Å². The van der Waals surface area contributed by atoms with Gasteiger partial charge in [-0.3, -0.25) is 4.79 Å². The van der Waals surface area contributed by atoms with Crippen LogP contribution >= 0.6 is 0 Å². The lowest BCUT2D eigenvalue weighted by Crippen LogP contribution is -2.02. The van der Waals surface area contributed by atoms with E-state index in [4.69, 9.17) is 4.74 Å². The molecule has 0 aliphatic heterocycles. The predicted molar refractivity (Wildman–Crippen MR) is 118 cm³/mol. The molecule has 0 aliphatic rings. The maximum Gasteiger partial charge on any atom is 0.162 e. The molecule has 0 saturated carbocycles. The molecule has 3 rings (SSSR count). The van der Waals surface area contributed by atoms with Crippen LogP contribution in [0.3, 0.4) is 0 Å². The van der Waals surface area contributed by atoms with Crippen LogP contribution in [0.25, 0.3) is 10.8 Å². The van der Waals surface area contributed by atoms with Crippen molar-refractivity contribution in [2.75, 3.05) is 6.61 Å². The number of carbonyl (C=O) groups excluding carboxylic acids is 1. The number of Topliss-reactive ketones (excluding diaryl/α,β-unsaturated/α-hetero) is 1. The smallest absolute Gasteiger partial charge is 0.162 e. The molecule has 0 heterocycles. The molecule has 0 aliphatic carbocycles. The third kappa shape index (κ3) is 5.23. The van der Waals surface area contributed by atoms with Gasteiger partial charge in [-0.1, -0.05) is 31.5 Å². The second-order valence-corrected chi connectivity index (χ2v) is 7.49. The second-order valence-electron chi connectivity index (χ2n) is 7.49.